The molecule has 1 aromatic rings. The lowest BCUT2D eigenvalue weighted by atomic mass is 9.90. The number of hydrogen-bond acceptors (Lipinski definition) is 4. The summed E-state index contributed by atoms with van der Waals surface area (Å²) in [7, 11) is 0. The monoisotopic (exact) mass is 302 g/mol. The van der Waals surface area contributed by atoms with Gasteiger partial charge in [0.05, 0.1) is 30.9 Å². The maximum Gasteiger partial charge on any atom is 0.307 e. The minimum absolute atomic E-state index is 0.00700. The van der Waals surface area contributed by atoms with Gasteiger partial charge in [0.25, 0.3) is 0 Å². The maximum atomic E-state index is 12.2. The Morgan fingerprint density at radius 3 is 2.73 bits per heavy atom. The molecular weight excluding hydrogens is 280 g/mol. The Kier molecular flexibility index (Phi) is 4.32. The first kappa shape index (κ1) is 14.9. The summed E-state index contributed by atoms with van der Waals surface area (Å²) in [6.45, 7) is 2.83. The Morgan fingerprint density at radius 1 is 1.27 bits per heavy atom. The van der Waals surface area contributed by atoms with Gasteiger partial charge in [0, 0.05) is 6.54 Å². The Balaban J connectivity index is 1.83. The Hall–Kier alpha value is -2.04. The smallest absolute Gasteiger partial charge is 0.307 e. The number of fused-ring (bicyclic) bond motifs is 2. The molecule has 0 unspecified atom stereocenters. The minimum Gasteiger partial charge on any atom is -0.466 e. The first-order chi connectivity index (χ1) is 10.7. The molecule has 118 valence electrons. The molecule has 1 heterocycles. The van der Waals surface area contributed by atoms with Crippen molar-refractivity contribution in [2.45, 2.75) is 39.0 Å². The van der Waals surface area contributed by atoms with E-state index in [4.69, 9.17) is 4.74 Å². The van der Waals surface area contributed by atoms with E-state index in [-0.39, 0.29) is 24.8 Å². The van der Waals surface area contributed by atoms with Crippen molar-refractivity contribution < 1.29 is 14.3 Å². The third-order valence-electron chi connectivity index (χ3n) is 4.33. The summed E-state index contributed by atoms with van der Waals surface area (Å²) >= 11 is 0. The van der Waals surface area contributed by atoms with Crippen molar-refractivity contribution in [1.82, 2.24) is 0 Å². The second-order valence-corrected chi connectivity index (χ2v) is 5.80. The van der Waals surface area contributed by atoms with Crippen LogP contribution >= 0.6 is 0 Å². The van der Waals surface area contributed by atoms with Gasteiger partial charge in [0.2, 0.25) is 5.91 Å². The number of nitrogens with one attached hydrogen (secondary N) is 1. The lowest BCUT2D eigenvalue weighted by Crippen LogP contribution is -2.41. The maximum absolute atomic E-state index is 12.2. The topological polar surface area (TPSA) is 58.6 Å². The Bertz CT molecular complexity index is 598. The van der Waals surface area contributed by atoms with Crippen molar-refractivity contribution in [3.63, 3.8) is 0 Å². The summed E-state index contributed by atoms with van der Waals surface area (Å²) in [4.78, 5) is 25.5. The standard InChI is InChI=1S/C17H22N2O3/c1-2-22-17(21)7-8-19-15-10-13-6-4-3-5-12(13)9-14(15)18-11-16(19)20/h9-10,18H,2-8,11H2,1H3. The largest absolute Gasteiger partial charge is 0.466 e. The first-order valence-corrected chi connectivity index (χ1v) is 8.04. The van der Waals surface area contributed by atoms with E-state index in [1.54, 1.807) is 11.8 Å². The summed E-state index contributed by atoms with van der Waals surface area (Å²) in [6.07, 6.45) is 4.85. The van der Waals surface area contributed by atoms with Crippen molar-refractivity contribution in [2.75, 3.05) is 29.9 Å². The predicted molar refractivity (Wildman–Crippen MR) is 85.2 cm³/mol. The summed E-state index contributed by atoms with van der Waals surface area (Å²) in [5.41, 5.74) is 4.63. The molecule has 0 spiro atoms. The van der Waals surface area contributed by atoms with Crippen molar-refractivity contribution in [2.24, 2.45) is 0 Å². The number of amides is 1. The van der Waals surface area contributed by atoms with Crippen molar-refractivity contribution in [3.05, 3.63) is 23.3 Å². The fourth-order valence-electron chi connectivity index (χ4n) is 3.22. The van der Waals surface area contributed by atoms with E-state index in [9.17, 15) is 9.59 Å². The number of ether oxygens (including phenoxy) is 1. The van der Waals surface area contributed by atoms with Crippen LogP contribution in [0.15, 0.2) is 12.1 Å². The van der Waals surface area contributed by atoms with E-state index in [2.05, 4.69) is 17.4 Å². The Morgan fingerprint density at radius 2 is 2.00 bits per heavy atom. The van der Waals surface area contributed by atoms with Crippen LogP contribution < -0.4 is 10.2 Å². The molecule has 1 amide bonds. The molecule has 0 atom stereocenters. The molecule has 0 radical (unpaired) electrons. The molecule has 3 rings (SSSR count). The van der Waals surface area contributed by atoms with Crippen LogP contribution in [-0.2, 0) is 27.2 Å². The zero-order chi connectivity index (χ0) is 15.5. The van der Waals surface area contributed by atoms with Crippen molar-refractivity contribution >= 4 is 23.3 Å². The first-order valence-electron chi connectivity index (χ1n) is 8.04. The van der Waals surface area contributed by atoms with E-state index in [0.29, 0.717) is 13.2 Å². The van der Waals surface area contributed by atoms with Gasteiger partial charge >= 0.3 is 5.97 Å². The molecule has 1 aromatic carbocycles. The van der Waals surface area contributed by atoms with Crippen LogP contribution in [0.4, 0.5) is 11.4 Å². The highest BCUT2D eigenvalue weighted by atomic mass is 16.5. The second-order valence-electron chi connectivity index (χ2n) is 5.80. The highest BCUT2D eigenvalue weighted by molar-refractivity contribution is 6.03. The van der Waals surface area contributed by atoms with Gasteiger partial charge in [0.15, 0.2) is 0 Å². The predicted octanol–water partition coefficient (Wildman–Crippen LogP) is 2.28. The normalized spacial score (nSPS) is 16.6. The molecule has 2 aliphatic rings. The van der Waals surface area contributed by atoms with Gasteiger partial charge in [-0.2, -0.15) is 0 Å². The molecule has 1 aliphatic heterocycles. The quantitative estimate of drug-likeness (QED) is 0.867. The highest BCUT2D eigenvalue weighted by Crippen LogP contribution is 2.35. The van der Waals surface area contributed by atoms with Crippen LogP contribution in [0.5, 0.6) is 0 Å². The molecule has 1 N–H and O–H groups in total. The number of carbonyl (C=O) groups excluding carboxylic acids is 2. The third-order valence-corrected chi connectivity index (χ3v) is 4.33. The van der Waals surface area contributed by atoms with Gasteiger partial charge in [0.1, 0.15) is 0 Å². The van der Waals surface area contributed by atoms with E-state index >= 15 is 0 Å². The third kappa shape index (κ3) is 2.93. The average Bonchev–Trinajstić information content (AvgIpc) is 2.52. The summed E-state index contributed by atoms with van der Waals surface area (Å²) in [6, 6.07) is 4.30. The molecular formula is C17H22N2O3. The number of hydrogen-bond donors (Lipinski definition) is 1. The van der Waals surface area contributed by atoms with Gasteiger partial charge < -0.3 is 15.0 Å². The van der Waals surface area contributed by atoms with Crippen LogP contribution in [0.3, 0.4) is 0 Å². The molecule has 22 heavy (non-hydrogen) atoms. The van der Waals surface area contributed by atoms with Gasteiger partial charge in [-0.05, 0) is 55.9 Å². The van der Waals surface area contributed by atoms with E-state index in [1.807, 2.05) is 0 Å². The zero-order valence-electron chi connectivity index (χ0n) is 13.0. The molecule has 5 nitrogen and oxygen atoms in total. The van der Waals surface area contributed by atoms with Crippen LogP contribution in [0, 0.1) is 0 Å². The number of rotatable bonds is 4. The van der Waals surface area contributed by atoms with E-state index in [1.165, 1.54) is 24.0 Å². The van der Waals surface area contributed by atoms with Crippen LogP contribution in [0.2, 0.25) is 0 Å². The van der Waals surface area contributed by atoms with Gasteiger partial charge in [-0.15, -0.1) is 0 Å². The van der Waals surface area contributed by atoms with Gasteiger partial charge in [-0.3, -0.25) is 9.59 Å². The molecule has 0 aromatic heterocycles. The molecule has 1 aliphatic carbocycles. The fraction of sp³-hybridized carbons (Fsp3) is 0.529. The lowest BCUT2D eigenvalue weighted by molar-refractivity contribution is -0.142. The minimum atomic E-state index is -0.256. The van der Waals surface area contributed by atoms with Crippen molar-refractivity contribution in [3.8, 4) is 0 Å². The van der Waals surface area contributed by atoms with E-state index < -0.39 is 0 Å². The number of anilines is 2. The number of esters is 1. The van der Waals surface area contributed by atoms with Gasteiger partial charge in [-0.1, -0.05) is 0 Å². The van der Waals surface area contributed by atoms with Crippen LogP contribution in [0.1, 0.15) is 37.3 Å². The molecule has 0 saturated carbocycles. The summed E-state index contributed by atoms with van der Waals surface area (Å²) < 4.78 is 4.95. The highest BCUT2D eigenvalue weighted by Gasteiger charge is 2.26. The van der Waals surface area contributed by atoms with E-state index in [0.717, 1.165) is 24.2 Å². The van der Waals surface area contributed by atoms with Crippen LogP contribution in [0.25, 0.3) is 0 Å². The number of benzene rings is 1. The van der Waals surface area contributed by atoms with Crippen molar-refractivity contribution in [1.29, 1.82) is 0 Å². The fourth-order valence-corrected chi connectivity index (χ4v) is 3.22. The SMILES string of the molecule is CCOC(=O)CCN1C(=O)CNc2cc3c(cc21)CCCC3. The zero-order valence-corrected chi connectivity index (χ0v) is 13.0. The average molecular weight is 302 g/mol. The second kappa shape index (κ2) is 6.38. The molecule has 0 saturated heterocycles. The summed E-state index contributed by atoms with van der Waals surface area (Å²) in [5, 5.41) is 3.20. The van der Waals surface area contributed by atoms with Crippen LogP contribution in [-0.4, -0.2) is 31.6 Å². The lowest BCUT2D eigenvalue weighted by Gasteiger charge is -2.32. The molecule has 0 fully saturated rings. The summed E-state index contributed by atoms with van der Waals surface area (Å²) in [5.74, 6) is -0.249. The Labute approximate surface area is 130 Å². The molecule has 0 bridgehead atoms. The molecule has 5 heteroatoms. The number of carbonyl (C=O) groups is 2. The number of nitrogens with zero attached hydrogens (tertiary/aromatic N) is 1. The number of aryl methyl sites for hydroxylation is 2. The van der Waals surface area contributed by atoms with Gasteiger partial charge in [-0.25, -0.2) is 0 Å².